The molecule has 0 bridgehead atoms. The van der Waals surface area contributed by atoms with Gasteiger partial charge >= 0.3 is 6.03 Å². The smallest absolute Gasteiger partial charge is 0.303 e. The van der Waals surface area contributed by atoms with Gasteiger partial charge in [0.25, 0.3) is 5.91 Å². The zero-order chi connectivity index (χ0) is 13.1. The van der Waals surface area contributed by atoms with Gasteiger partial charge in [-0.1, -0.05) is 29.8 Å². The molecule has 0 radical (unpaired) electrons. The number of halogens is 1. The second-order valence-electron chi connectivity index (χ2n) is 3.75. The van der Waals surface area contributed by atoms with Crippen molar-refractivity contribution in [3.63, 3.8) is 0 Å². The zero-order valence-electron chi connectivity index (χ0n) is 9.52. The molecule has 0 unspecified atom stereocenters. The van der Waals surface area contributed by atoms with Crippen molar-refractivity contribution < 1.29 is 9.59 Å². The molecule has 0 spiro atoms. The molecule has 1 aromatic carbocycles. The van der Waals surface area contributed by atoms with Crippen molar-refractivity contribution in [3.8, 4) is 0 Å². The molecule has 1 aromatic rings. The molecule has 0 saturated carbocycles. The molecule has 0 aromatic heterocycles. The van der Waals surface area contributed by atoms with E-state index in [-0.39, 0.29) is 18.1 Å². The van der Waals surface area contributed by atoms with E-state index in [1.165, 1.54) is 6.08 Å². The normalized spacial score (nSPS) is 17.2. The number of nitrogens with one attached hydrogen (secondary N) is 1. The van der Waals surface area contributed by atoms with E-state index in [4.69, 9.17) is 11.6 Å². The molecule has 2 rings (SSSR count). The van der Waals surface area contributed by atoms with Crippen LogP contribution in [0.2, 0.25) is 5.02 Å². The van der Waals surface area contributed by atoms with E-state index in [2.05, 4.69) is 11.9 Å². The van der Waals surface area contributed by atoms with Crippen LogP contribution in [-0.4, -0.2) is 23.4 Å². The summed E-state index contributed by atoms with van der Waals surface area (Å²) < 4.78 is 0. The quantitative estimate of drug-likeness (QED) is 0.517. The first-order valence-corrected chi connectivity index (χ1v) is 5.70. The average Bonchev–Trinajstić information content (AvgIpc) is 2.57. The van der Waals surface area contributed by atoms with Crippen molar-refractivity contribution in [1.82, 2.24) is 10.2 Å². The Morgan fingerprint density at radius 2 is 2.17 bits per heavy atom. The van der Waals surface area contributed by atoms with Crippen molar-refractivity contribution in [1.29, 1.82) is 0 Å². The Bertz CT molecular complexity index is 552. The van der Waals surface area contributed by atoms with Crippen LogP contribution < -0.4 is 5.32 Å². The van der Waals surface area contributed by atoms with E-state index < -0.39 is 6.03 Å². The summed E-state index contributed by atoms with van der Waals surface area (Å²) in [6, 6.07) is 6.59. The lowest BCUT2D eigenvalue weighted by Gasteiger charge is -2.06. The van der Waals surface area contributed by atoms with E-state index in [9.17, 15) is 9.59 Å². The number of amides is 3. The van der Waals surface area contributed by atoms with Crippen molar-refractivity contribution in [2.24, 2.45) is 0 Å². The summed E-state index contributed by atoms with van der Waals surface area (Å²) in [4.78, 5) is 24.5. The van der Waals surface area contributed by atoms with E-state index in [1.807, 2.05) is 0 Å². The van der Waals surface area contributed by atoms with Crippen LogP contribution in [0.25, 0.3) is 6.08 Å². The van der Waals surface area contributed by atoms with Crippen molar-refractivity contribution in [3.05, 3.63) is 53.2 Å². The summed E-state index contributed by atoms with van der Waals surface area (Å²) in [5, 5.41) is 3.09. The standard InChI is InChI=1S/C13H11ClN2O2/c1-2-6-16-12(17)11(15-13(16)18)8-9-4-3-5-10(14)7-9/h2-5,7-8H,1,6H2,(H,15,18)/b11-8+. The number of hydrogen-bond donors (Lipinski definition) is 1. The Labute approximate surface area is 110 Å². The molecule has 5 heteroatoms. The predicted octanol–water partition coefficient (Wildman–Crippen LogP) is 2.42. The number of hydrogen-bond acceptors (Lipinski definition) is 2. The molecule has 0 atom stereocenters. The van der Waals surface area contributed by atoms with E-state index >= 15 is 0 Å². The summed E-state index contributed by atoms with van der Waals surface area (Å²) in [6.45, 7) is 3.69. The van der Waals surface area contributed by atoms with Crippen LogP contribution >= 0.6 is 11.6 Å². The van der Waals surface area contributed by atoms with Gasteiger partial charge in [-0.15, -0.1) is 6.58 Å². The van der Waals surface area contributed by atoms with Crippen molar-refractivity contribution in [2.45, 2.75) is 0 Å². The fraction of sp³-hybridized carbons (Fsp3) is 0.0769. The Balaban J connectivity index is 2.27. The minimum atomic E-state index is -0.437. The monoisotopic (exact) mass is 262 g/mol. The van der Waals surface area contributed by atoms with Crippen LogP contribution in [0.15, 0.2) is 42.6 Å². The molecule has 4 nitrogen and oxygen atoms in total. The van der Waals surface area contributed by atoms with Crippen molar-refractivity contribution in [2.75, 3.05) is 6.54 Å². The molecule has 1 saturated heterocycles. The Morgan fingerprint density at radius 3 is 2.83 bits per heavy atom. The molecule has 1 heterocycles. The van der Waals surface area contributed by atoms with E-state index in [1.54, 1.807) is 30.3 Å². The summed E-state index contributed by atoms with van der Waals surface area (Å²) in [7, 11) is 0. The number of urea groups is 1. The second-order valence-corrected chi connectivity index (χ2v) is 4.18. The SMILES string of the molecule is C=CCN1C(=O)N/C(=C/c2cccc(Cl)c2)C1=O. The largest absolute Gasteiger partial charge is 0.329 e. The molecule has 1 fully saturated rings. The fourth-order valence-corrected chi connectivity index (χ4v) is 1.83. The Kier molecular flexibility index (Phi) is 3.48. The molecule has 3 amide bonds. The first-order chi connectivity index (χ1) is 8.61. The second kappa shape index (κ2) is 5.06. The Morgan fingerprint density at radius 1 is 1.39 bits per heavy atom. The van der Waals surface area contributed by atoms with E-state index in [0.29, 0.717) is 5.02 Å². The average molecular weight is 263 g/mol. The third-order valence-corrected chi connectivity index (χ3v) is 2.67. The molecular weight excluding hydrogens is 252 g/mol. The first-order valence-electron chi connectivity index (χ1n) is 5.33. The van der Waals surface area contributed by atoms with Gasteiger partial charge in [0.1, 0.15) is 5.70 Å². The van der Waals surface area contributed by atoms with Gasteiger partial charge in [-0.25, -0.2) is 4.79 Å². The summed E-state index contributed by atoms with van der Waals surface area (Å²) in [5.74, 6) is -0.361. The fourth-order valence-electron chi connectivity index (χ4n) is 1.63. The molecular formula is C13H11ClN2O2. The lowest BCUT2D eigenvalue weighted by Crippen LogP contribution is -2.30. The molecule has 1 aliphatic heterocycles. The topological polar surface area (TPSA) is 49.4 Å². The number of rotatable bonds is 3. The third kappa shape index (κ3) is 2.43. The van der Waals surface area contributed by atoms with Crippen LogP contribution in [0.3, 0.4) is 0 Å². The van der Waals surface area contributed by atoms with Gasteiger partial charge in [0.2, 0.25) is 0 Å². The van der Waals surface area contributed by atoms with Crippen LogP contribution in [-0.2, 0) is 4.79 Å². The van der Waals surface area contributed by atoms with Crippen LogP contribution in [0.5, 0.6) is 0 Å². The lowest BCUT2D eigenvalue weighted by molar-refractivity contribution is -0.122. The van der Waals surface area contributed by atoms with Gasteiger partial charge in [-0.3, -0.25) is 9.69 Å². The maximum Gasteiger partial charge on any atom is 0.329 e. The third-order valence-electron chi connectivity index (χ3n) is 2.43. The first kappa shape index (κ1) is 12.4. The van der Waals surface area contributed by atoms with Gasteiger partial charge in [0.15, 0.2) is 0 Å². The number of carbonyl (C=O) groups is 2. The number of imide groups is 1. The summed E-state index contributed by atoms with van der Waals surface area (Å²) in [5.41, 5.74) is 0.996. The number of carbonyl (C=O) groups excluding carboxylic acids is 2. The molecule has 92 valence electrons. The van der Waals surface area contributed by atoms with Gasteiger partial charge in [-0.2, -0.15) is 0 Å². The van der Waals surface area contributed by atoms with Crippen LogP contribution in [0, 0.1) is 0 Å². The molecule has 1 aliphatic rings. The van der Waals surface area contributed by atoms with Gasteiger partial charge in [0.05, 0.1) is 0 Å². The summed E-state index contributed by atoms with van der Waals surface area (Å²) >= 11 is 5.85. The highest BCUT2D eigenvalue weighted by Gasteiger charge is 2.32. The molecule has 0 aliphatic carbocycles. The highest BCUT2D eigenvalue weighted by Crippen LogP contribution is 2.16. The molecule has 1 N–H and O–H groups in total. The highest BCUT2D eigenvalue weighted by atomic mass is 35.5. The highest BCUT2D eigenvalue weighted by molar-refractivity contribution is 6.30. The van der Waals surface area contributed by atoms with E-state index in [0.717, 1.165) is 10.5 Å². The minimum Gasteiger partial charge on any atom is -0.303 e. The number of benzene rings is 1. The van der Waals surface area contributed by atoms with Crippen molar-refractivity contribution >= 4 is 29.6 Å². The summed E-state index contributed by atoms with van der Waals surface area (Å²) in [6.07, 6.45) is 3.09. The number of nitrogens with zero attached hydrogens (tertiary/aromatic N) is 1. The maximum absolute atomic E-state index is 11.9. The molecule has 18 heavy (non-hydrogen) atoms. The van der Waals surface area contributed by atoms with Crippen LogP contribution in [0.1, 0.15) is 5.56 Å². The van der Waals surface area contributed by atoms with Gasteiger partial charge in [-0.05, 0) is 23.8 Å². The van der Waals surface area contributed by atoms with Crippen LogP contribution in [0.4, 0.5) is 4.79 Å². The predicted molar refractivity (Wildman–Crippen MR) is 69.9 cm³/mol. The lowest BCUT2D eigenvalue weighted by atomic mass is 10.2. The maximum atomic E-state index is 11.9. The zero-order valence-corrected chi connectivity index (χ0v) is 10.3. The minimum absolute atomic E-state index is 0.192. The van der Waals surface area contributed by atoms with Gasteiger partial charge < -0.3 is 5.32 Å². The Hall–Kier alpha value is -2.07. The van der Waals surface area contributed by atoms with Gasteiger partial charge in [0, 0.05) is 11.6 Å².